The van der Waals surface area contributed by atoms with Crippen molar-refractivity contribution in [1.82, 2.24) is 10.6 Å². The zero-order chi connectivity index (χ0) is 17.2. The van der Waals surface area contributed by atoms with Crippen LogP contribution in [0.1, 0.15) is 5.56 Å². The van der Waals surface area contributed by atoms with Crippen LogP contribution in [0.2, 0.25) is 0 Å². The van der Waals surface area contributed by atoms with Gasteiger partial charge in [-0.3, -0.25) is 4.99 Å². The molecule has 0 aromatic heterocycles. The Morgan fingerprint density at radius 1 is 1.00 bits per heavy atom. The van der Waals surface area contributed by atoms with Gasteiger partial charge in [-0.25, -0.2) is 0 Å². The van der Waals surface area contributed by atoms with E-state index >= 15 is 0 Å². The second kappa shape index (κ2) is 9.88. The normalized spacial score (nSPS) is 11.2. The van der Waals surface area contributed by atoms with Crippen molar-refractivity contribution in [2.45, 2.75) is 11.4 Å². The minimum Gasteiger partial charge on any atom is -0.378 e. The molecule has 128 valence electrons. The van der Waals surface area contributed by atoms with Crippen molar-refractivity contribution in [3.63, 3.8) is 0 Å². The van der Waals surface area contributed by atoms with E-state index in [1.807, 2.05) is 31.9 Å². The minimum atomic E-state index is 0.763. The fraction of sp³-hybridized carbons (Fsp3) is 0.316. The Balaban J connectivity index is 1.70. The van der Waals surface area contributed by atoms with E-state index in [0.29, 0.717) is 0 Å². The molecule has 4 nitrogen and oxygen atoms in total. The van der Waals surface area contributed by atoms with Crippen molar-refractivity contribution in [2.24, 2.45) is 4.99 Å². The van der Waals surface area contributed by atoms with Gasteiger partial charge in [0.15, 0.2) is 5.96 Å². The first-order chi connectivity index (χ1) is 11.7. The second-order valence-electron chi connectivity index (χ2n) is 5.57. The SMILES string of the molecule is CN=C(NCCSc1ccccc1)NCc1ccc(N(C)C)cc1. The minimum absolute atomic E-state index is 0.763. The quantitative estimate of drug-likeness (QED) is 0.351. The predicted octanol–water partition coefficient (Wildman–Crippen LogP) is 3.21. The number of nitrogens with zero attached hydrogens (tertiary/aromatic N) is 2. The Kier molecular flexibility index (Phi) is 7.49. The van der Waals surface area contributed by atoms with E-state index in [2.05, 4.69) is 69.1 Å². The van der Waals surface area contributed by atoms with Crippen LogP contribution in [0.3, 0.4) is 0 Å². The van der Waals surface area contributed by atoms with Gasteiger partial charge in [0.1, 0.15) is 0 Å². The van der Waals surface area contributed by atoms with Crippen LogP contribution in [0.25, 0.3) is 0 Å². The van der Waals surface area contributed by atoms with Gasteiger partial charge < -0.3 is 15.5 Å². The number of hydrogen-bond donors (Lipinski definition) is 2. The average Bonchev–Trinajstić information content (AvgIpc) is 2.62. The molecule has 5 heteroatoms. The van der Waals surface area contributed by atoms with Crippen molar-refractivity contribution in [3.05, 3.63) is 60.2 Å². The number of rotatable bonds is 7. The summed E-state index contributed by atoms with van der Waals surface area (Å²) in [7, 11) is 5.90. The molecule has 2 aromatic carbocycles. The molecule has 0 saturated carbocycles. The number of guanidine groups is 1. The number of hydrogen-bond acceptors (Lipinski definition) is 3. The van der Waals surface area contributed by atoms with Gasteiger partial charge >= 0.3 is 0 Å². The summed E-state index contributed by atoms with van der Waals surface area (Å²) in [4.78, 5) is 7.66. The maximum Gasteiger partial charge on any atom is 0.191 e. The van der Waals surface area contributed by atoms with Crippen LogP contribution in [-0.2, 0) is 6.54 Å². The lowest BCUT2D eigenvalue weighted by atomic mass is 10.2. The van der Waals surface area contributed by atoms with Crippen LogP contribution >= 0.6 is 11.8 Å². The summed E-state index contributed by atoms with van der Waals surface area (Å²) < 4.78 is 0. The summed E-state index contributed by atoms with van der Waals surface area (Å²) in [5.41, 5.74) is 2.45. The Morgan fingerprint density at radius 3 is 2.33 bits per heavy atom. The topological polar surface area (TPSA) is 39.7 Å². The molecule has 0 bridgehead atoms. The van der Waals surface area contributed by atoms with Gasteiger partial charge in [-0.1, -0.05) is 30.3 Å². The summed E-state index contributed by atoms with van der Waals surface area (Å²) in [6, 6.07) is 19.0. The van der Waals surface area contributed by atoms with Gasteiger partial charge in [0, 0.05) is 50.6 Å². The number of benzene rings is 2. The smallest absolute Gasteiger partial charge is 0.191 e. The summed E-state index contributed by atoms with van der Waals surface area (Å²) in [5.74, 6) is 1.84. The van der Waals surface area contributed by atoms with Crippen LogP contribution in [0, 0.1) is 0 Å². The number of nitrogens with one attached hydrogen (secondary N) is 2. The first-order valence-corrected chi connectivity index (χ1v) is 9.06. The number of thioether (sulfide) groups is 1. The van der Waals surface area contributed by atoms with Crippen LogP contribution in [0.5, 0.6) is 0 Å². The van der Waals surface area contributed by atoms with E-state index < -0.39 is 0 Å². The standard InChI is InChI=1S/C19H26N4S/c1-20-19(21-13-14-24-18-7-5-4-6-8-18)22-15-16-9-11-17(12-10-16)23(2)3/h4-12H,13-15H2,1-3H3,(H2,20,21,22). The number of aliphatic imine (C=N–C) groups is 1. The molecule has 0 radical (unpaired) electrons. The Labute approximate surface area is 149 Å². The maximum absolute atomic E-state index is 4.27. The molecule has 0 saturated heterocycles. The van der Waals surface area contributed by atoms with E-state index in [4.69, 9.17) is 0 Å². The first-order valence-electron chi connectivity index (χ1n) is 8.07. The third-order valence-corrected chi connectivity index (χ3v) is 4.56. The van der Waals surface area contributed by atoms with Crippen LogP contribution in [0.4, 0.5) is 5.69 Å². The van der Waals surface area contributed by atoms with E-state index in [0.717, 1.165) is 24.8 Å². The Morgan fingerprint density at radius 2 is 1.71 bits per heavy atom. The van der Waals surface area contributed by atoms with E-state index in [-0.39, 0.29) is 0 Å². The monoisotopic (exact) mass is 342 g/mol. The van der Waals surface area contributed by atoms with Crippen LogP contribution < -0.4 is 15.5 Å². The lowest BCUT2D eigenvalue weighted by molar-refractivity contribution is 0.832. The fourth-order valence-corrected chi connectivity index (χ4v) is 2.96. The molecule has 0 unspecified atom stereocenters. The fourth-order valence-electron chi connectivity index (χ4n) is 2.17. The van der Waals surface area contributed by atoms with Crippen LogP contribution in [0.15, 0.2) is 64.5 Å². The molecule has 0 fully saturated rings. The first kappa shape index (κ1) is 18.2. The molecule has 0 aliphatic carbocycles. The average molecular weight is 343 g/mol. The molecule has 0 amide bonds. The van der Waals surface area contributed by atoms with Crippen molar-refractivity contribution < 1.29 is 0 Å². The molecule has 2 N–H and O–H groups in total. The molecule has 0 atom stereocenters. The van der Waals surface area contributed by atoms with Gasteiger partial charge in [-0.15, -0.1) is 11.8 Å². The van der Waals surface area contributed by atoms with Gasteiger partial charge in [0.25, 0.3) is 0 Å². The highest BCUT2D eigenvalue weighted by molar-refractivity contribution is 7.99. The third-order valence-electron chi connectivity index (χ3n) is 3.54. The van der Waals surface area contributed by atoms with E-state index in [1.54, 1.807) is 7.05 Å². The van der Waals surface area contributed by atoms with Crippen molar-refractivity contribution in [3.8, 4) is 0 Å². The Hall–Kier alpha value is -2.14. The number of anilines is 1. The molecule has 2 rings (SSSR count). The van der Waals surface area contributed by atoms with Gasteiger partial charge in [-0.2, -0.15) is 0 Å². The van der Waals surface area contributed by atoms with Gasteiger partial charge in [-0.05, 0) is 29.8 Å². The summed E-state index contributed by atoms with van der Waals surface area (Å²) in [6.07, 6.45) is 0. The molecule has 0 aliphatic heterocycles. The lowest BCUT2D eigenvalue weighted by Crippen LogP contribution is -2.37. The zero-order valence-electron chi connectivity index (χ0n) is 14.6. The largest absolute Gasteiger partial charge is 0.378 e. The summed E-state index contributed by atoms with van der Waals surface area (Å²) in [5, 5.41) is 6.70. The molecular formula is C19H26N4S. The molecule has 0 heterocycles. The summed E-state index contributed by atoms with van der Waals surface area (Å²) in [6.45, 7) is 1.64. The van der Waals surface area contributed by atoms with Crippen molar-refractivity contribution in [1.29, 1.82) is 0 Å². The van der Waals surface area contributed by atoms with Crippen molar-refractivity contribution >= 4 is 23.4 Å². The molecule has 0 spiro atoms. The predicted molar refractivity (Wildman–Crippen MR) is 106 cm³/mol. The Bertz CT molecular complexity index is 624. The maximum atomic E-state index is 4.27. The summed E-state index contributed by atoms with van der Waals surface area (Å²) >= 11 is 1.84. The van der Waals surface area contributed by atoms with Gasteiger partial charge in [0.05, 0.1) is 0 Å². The third kappa shape index (κ3) is 6.16. The molecule has 24 heavy (non-hydrogen) atoms. The zero-order valence-corrected chi connectivity index (χ0v) is 15.4. The molecule has 0 aliphatic rings. The molecular weight excluding hydrogens is 316 g/mol. The highest BCUT2D eigenvalue weighted by atomic mass is 32.2. The highest BCUT2D eigenvalue weighted by Crippen LogP contribution is 2.15. The van der Waals surface area contributed by atoms with Gasteiger partial charge in [0.2, 0.25) is 0 Å². The molecule has 2 aromatic rings. The van der Waals surface area contributed by atoms with Crippen LogP contribution in [-0.4, -0.2) is 39.4 Å². The second-order valence-corrected chi connectivity index (χ2v) is 6.74. The lowest BCUT2D eigenvalue weighted by Gasteiger charge is -2.14. The van der Waals surface area contributed by atoms with E-state index in [9.17, 15) is 0 Å². The van der Waals surface area contributed by atoms with Crippen molar-refractivity contribution in [2.75, 3.05) is 38.3 Å². The highest BCUT2D eigenvalue weighted by Gasteiger charge is 2.00. The van der Waals surface area contributed by atoms with E-state index in [1.165, 1.54) is 16.1 Å².